The summed E-state index contributed by atoms with van der Waals surface area (Å²) in [4.78, 5) is 46.0. The lowest BCUT2D eigenvalue weighted by Gasteiger charge is -2.47. The van der Waals surface area contributed by atoms with Crippen molar-refractivity contribution in [1.29, 1.82) is 0 Å². The number of ether oxygens (including phenoxy) is 1. The standard InChI is InChI=1S/C38H43N3O4/c1-25-21-26(2)23-38(22-25)40-34(29-15-17-33(18-16-29)45-24-28-7-5-4-6-8-28)37(44)41(38)35(30-9-10-30)31-11-13-32(14-12-31)36(43)39-20-19-27(3)42/h4-8,11-18,25-26,30,35H,9-10,19-24H2,1-3H3,(H,39,43). The third-order valence-corrected chi connectivity index (χ3v) is 9.34. The molecule has 234 valence electrons. The second kappa shape index (κ2) is 13.0. The average molecular weight is 606 g/mol. The van der Waals surface area contributed by atoms with Crippen molar-refractivity contribution >= 4 is 23.3 Å². The first-order valence-electron chi connectivity index (χ1n) is 16.3. The molecule has 0 radical (unpaired) electrons. The molecule has 45 heavy (non-hydrogen) atoms. The Morgan fingerprint density at radius 1 is 0.956 bits per heavy atom. The van der Waals surface area contributed by atoms with Gasteiger partial charge in [-0.3, -0.25) is 19.4 Å². The molecule has 3 aliphatic rings. The third kappa shape index (κ3) is 6.87. The van der Waals surface area contributed by atoms with Gasteiger partial charge in [0.15, 0.2) is 0 Å². The van der Waals surface area contributed by atoms with E-state index in [2.05, 4.69) is 24.1 Å². The fourth-order valence-electron chi connectivity index (χ4n) is 7.31. The molecule has 2 saturated carbocycles. The van der Waals surface area contributed by atoms with Crippen LogP contribution in [0.25, 0.3) is 0 Å². The molecule has 1 N–H and O–H groups in total. The van der Waals surface area contributed by atoms with Gasteiger partial charge in [0.25, 0.3) is 11.8 Å². The number of nitrogens with zero attached hydrogens (tertiary/aromatic N) is 2. The van der Waals surface area contributed by atoms with Gasteiger partial charge >= 0.3 is 0 Å². The number of carbonyl (C=O) groups excluding carboxylic acids is 3. The molecule has 6 rings (SSSR count). The van der Waals surface area contributed by atoms with Crippen molar-refractivity contribution in [3.05, 3.63) is 101 Å². The highest BCUT2D eigenvalue weighted by Crippen LogP contribution is 2.53. The van der Waals surface area contributed by atoms with E-state index in [0.717, 1.165) is 54.5 Å². The van der Waals surface area contributed by atoms with Crippen molar-refractivity contribution in [2.45, 2.75) is 77.6 Å². The van der Waals surface area contributed by atoms with Crippen LogP contribution in [-0.4, -0.2) is 40.4 Å². The van der Waals surface area contributed by atoms with Crippen molar-refractivity contribution in [3.8, 4) is 5.75 Å². The highest BCUT2D eigenvalue weighted by Gasteiger charge is 2.55. The zero-order valence-electron chi connectivity index (χ0n) is 26.5. The maximum Gasteiger partial charge on any atom is 0.275 e. The summed E-state index contributed by atoms with van der Waals surface area (Å²) in [7, 11) is 0. The van der Waals surface area contributed by atoms with Crippen LogP contribution in [0.3, 0.4) is 0 Å². The van der Waals surface area contributed by atoms with Crippen LogP contribution in [-0.2, 0) is 16.2 Å². The molecular formula is C38H43N3O4. The molecule has 1 spiro atoms. The van der Waals surface area contributed by atoms with Gasteiger partial charge in [-0.2, -0.15) is 0 Å². The summed E-state index contributed by atoms with van der Waals surface area (Å²) >= 11 is 0. The predicted molar refractivity (Wildman–Crippen MR) is 175 cm³/mol. The number of Topliss-reactive ketones (excluding diaryl/α,β-unsaturated/α-hetero) is 1. The van der Waals surface area contributed by atoms with Crippen LogP contribution in [0.15, 0.2) is 83.9 Å². The van der Waals surface area contributed by atoms with Gasteiger partial charge in [0.05, 0.1) is 6.04 Å². The number of ketones is 1. The smallest absolute Gasteiger partial charge is 0.275 e. The third-order valence-electron chi connectivity index (χ3n) is 9.34. The number of hydrogen-bond donors (Lipinski definition) is 1. The summed E-state index contributed by atoms with van der Waals surface area (Å²) in [5, 5.41) is 2.82. The zero-order valence-corrected chi connectivity index (χ0v) is 26.5. The molecule has 3 unspecified atom stereocenters. The van der Waals surface area contributed by atoms with Crippen LogP contribution in [0.5, 0.6) is 5.75 Å². The summed E-state index contributed by atoms with van der Waals surface area (Å²) in [6.45, 7) is 6.87. The molecule has 2 aliphatic carbocycles. The summed E-state index contributed by atoms with van der Waals surface area (Å²) in [6.07, 6.45) is 5.24. The Balaban J connectivity index is 1.27. The first-order valence-corrected chi connectivity index (χ1v) is 16.3. The topological polar surface area (TPSA) is 88.1 Å². The highest BCUT2D eigenvalue weighted by molar-refractivity contribution is 6.46. The lowest BCUT2D eigenvalue weighted by molar-refractivity contribution is -0.135. The molecule has 3 aromatic rings. The first-order chi connectivity index (χ1) is 21.7. The first kappa shape index (κ1) is 30.8. The van der Waals surface area contributed by atoms with E-state index in [1.54, 1.807) is 0 Å². The molecule has 7 heteroatoms. The quantitative estimate of drug-likeness (QED) is 0.257. The molecule has 0 saturated heterocycles. The lowest BCUT2D eigenvalue weighted by atomic mass is 9.75. The van der Waals surface area contributed by atoms with E-state index in [-0.39, 0.29) is 23.6 Å². The maximum absolute atomic E-state index is 14.6. The van der Waals surface area contributed by atoms with Gasteiger partial charge in [-0.1, -0.05) is 56.3 Å². The number of amides is 2. The SMILES string of the molecule is CC(=O)CCNC(=O)c1ccc(C(C2CC2)N2C(=O)C(c3ccc(OCc4ccccc4)cc3)=NC23CC(C)CC(C)C3)cc1. The molecular weight excluding hydrogens is 562 g/mol. The molecule has 0 aromatic heterocycles. The van der Waals surface area contributed by atoms with Crippen LogP contribution < -0.4 is 10.1 Å². The van der Waals surface area contributed by atoms with Crippen molar-refractivity contribution in [2.24, 2.45) is 22.7 Å². The van der Waals surface area contributed by atoms with E-state index >= 15 is 0 Å². The van der Waals surface area contributed by atoms with E-state index < -0.39 is 5.66 Å². The normalized spacial score (nSPS) is 23.5. The van der Waals surface area contributed by atoms with Gasteiger partial charge in [-0.05, 0) is 104 Å². The number of rotatable bonds is 11. The molecule has 0 bridgehead atoms. The number of nitrogens with one attached hydrogen (secondary N) is 1. The van der Waals surface area contributed by atoms with E-state index in [1.165, 1.54) is 6.92 Å². The largest absolute Gasteiger partial charge is 0.489 e. The second-order valence-corrected chi connectivity index (χ2v) is 13.4. The van der Waals surface area contributed by atoms with Crippen molar-refractivity contribution in [1.82, 2.24) is 10.2 Å². The van der Waals surface area contributed by atoms with Crippen LogP contribution in [0.4, 0.5) is 0 Å². The summed E-state index contributed by atoms with van der Waals surface area (Å²) in [5.41, 5.74) is 3.43. The van der Waals surface area contributed by atoms with Crippen LogP contribution >= 0.6 is 0 Å². The van der Waals surface area contributed by atoms with Crippen molar-refractivity contribution in [3.63, 3.8) is 0 Å². The molecule has 3 aromatic carbocycles. The number of benzene rings is 3. The summed E-state index contributed by atoms with van der Waals surface area (Å²) in [5.74, 6) is 1.83. The van der Waals surface area contributed by atoms with E-state index in [9.17, 15) is 14.4 Å². The van der Waals surface area contributed by atoms with Gasteiger partial charge < -0.3 is 15.0 Å². The number of aliphatic imine (C=N–C) groups is 1. The minimum Gasteiger partial charge on any atom is -0.489 e. The van der Waals surface area contributed by atoms with Crippen molar-refractivity contribution < 1.29 is 19.1 Å². The minimum absolute atomic E-state index is 0.0165. The summed E-state index contributed by atoms with van der Waals surface area (Å²) < 4.78 is 6.01. The predicted octanol–water partition coefficient (Wildman–Crippen LogP) is 6.91. The molecule has 7 nitrogen and oxygen atoms in total. The van der Waals surface area contributed by atoms with Crippen LogP contribution in [0.1, 0.15) is 92.4 Å². The molecule has 3 atom stereocenters. The Morgan fingerprint density at radius 2 is 1.62 bits per heavy atom. The Bertz CT molecular complexity index is 1550. The Morgan fingerprint density at radius 3 is 2.24 bits per heavy atom. The van der Waals surface area contributed by atoms with Crippen LogP contribution in [0.2, 0.25) is 0 Å². The number of hydrogen-bond acceptors (Lipinski definition) is 5. The molecule has 2 fully saturated rings. The van der Waals surface area contributed by atoms with Crippen LogP contribution in [0, 0.1) is 17.8 Å². The fraction of sp³-hybridized carbons (Fsp3) is 0.421. The molecule has 1 heterocycles. The minimum atomic E-state index is -0.595. The maximum atomic E-state index is 14.6. The monoisotopic (exact) mass is 605 g/mol. The van der Waals surface area contributed by atoms with Crippen molar-refractivity contribution in [2.75, 3.05) is 6.54 Å². The Kier molecular flexibility index (Phi) is 8.88. The van der Waals surface area contributed by atoms with Gasteiger partial charge in [-0.15, -0.1) is 0 Å². The van der Waals surface area contributed by atoms with Gasteiger partial charge in [0.1, 0.15) is 29.5 Å². The molecule has 1 aliphatic heterocycles. The average Bonchev–Trinajstić information content (AvgIpc) is 3.83. The van der Waals surface area contributed by atoms with Gasteiger partial charge in [0, 0.05) is 24.1 Å². The molecule has 2 amide bonds. The summed E-state index contributed by atoms with van der Waals surface area (Å²) in [6, 6.07) is 25.4. The van der Waals surface area contributed by atoms with E-state index in [4.69, 9.17) is 9.73 Å². The Hall–Kier alpha value is -4.26. The van der Waals surface area contributed by atoms with Gasteiger partial charge in [0.2, 0.25) is 0 Å². The highest BCUT2D eigenvalue weighted by atomic mass is 16.5. The number of carbonyl (C=O) groups is 3. The lowest BCUT2D eigenvalue weighted by Crippen LogP contribution is -2.53. The Labute approximate surface area is 266 Å². The zero-order chi connectivity index (χ0) is 31.6. The van der Waals surface area contributed by atoms with E-state index in [1.807, 2.05) is 78.9 Å². The second-order valence-electron chi connectivity index (χ2n) is 13.4. The van der Waals surface area contributed by atoms with Gasteiger partial charge in [-0.25, -0.2) is 0 Å². The van der Waals surface area contributed by atoms with E-state index in [0.29, 0.717) is 48.6 Å². The fourth-order valence-corrected chi connectivity index (χ4v) is 7.31.